The van der Waals surface area contributed by atoms with Crippen LogP contribution in [0.1, 0.15) is 66.5 Å². The molecular weight excluding hydrogens is 391 g/mol. The fraction of sp³-hybridized carbons (Fsp3) is 0.565. The highest BCUT2D eigenvalue weighted by Gasteiger charge is 2.52. The van der Waals surface area contributed by atoms with Gasteiger partial charge in [-0.3, -0.25) is 0 Å². The van der Waals surface area contributed by atoms with Gasteiger partial charge >= 0.3 is 6.18 Å². The standard InChI is InChI=1S/C23H26F3N3O/c1-12-2-16(7-17-11-28-21(27)29-20(17)23(24,25)26)19(30)18(3-12)22-8-13-4-14(9-22)6-15(5-13)10-22/h2-3,11,13-15,30H,4-10H2,1H3,(H2,27,28,29). The number of hydrogen-bond acceptors (Lipinski definition) is 4. The Balaban J connectivity index is 1.56. The fourth-order valence-electron chi connectivity index (χ4n) is 6.83. The molecule has 30 heavy (non-hydrogen) atoms. The van der Waals surface area contributed by atoms with Crippen molar-refractivity contribution in [3.63, 3.8) is 0 Å². The molecule has 0 aliphatic heterocycles. The topological polar surface area (TPSA) is 72.0 Å². The van der Waals surface area contributed by atoms with Gasteiger partial charge in [-0.25, -0.2) is 9.97 Å². The van der Waals surface area contributed by atoms with Crippen LogP contribution >= 0.6 is 0 Å². The number of nitrogens with zero attached hydrogens (tertiary/aromatic N) is 2. The van der Waals surface area contributed by atoms with Crippen molar-refractivity contribution in [1.29, 1.82) is 0 Å². The van der Waals surface area contributed by atoms with E-state index < -0.39 is 17.8 Å². The monoisotopic (exact) mass is 417 g/mol. The molecule has 0 unspecified atom stereocenters. The van der Waals surface area contributed by atoms with Crippen molar-refractivity contribution in [2.24, 2.45) is 17.8 Å². The number of nitrogens with two attached hydrogens (primary N) is 1. The van der Waals surface area contributed by atoms with Crippen molar-refractivity contribution in [1.82, 2.24) is 9.97 Å². The van der Waals surface area contributed by atoms with Gasteiger partial charge in [0.15, 0.2) is 5.69 Å². The van der Waals surface area contributed by atoms with E-state index in [-0.39, 0.29) is 23.1 Å². The van der Waals surface area contributed by atoms with Crippen LogP contribution in [0.25, 0.3) is 0 Å². The molecule has 1 aromatic carbocycles. The first-order chi connectivity index (χ1) is 14.1. The molecular formula is C23H26F3N3O. The van der Waals surface area contributed by atoms with Crippen LogP contribution in [-0.2, 0) is 18.0 Å². The molecule has 7 heteroatoms. The number of aromatic hydroxyl groups is 1. The molecule has 6 rings (SSSR count). The summed E-state index contributed by atoms with van der Waals surface area (Å²) in [6.07, 6.45) is 3.51. The lowest BCUT2D eigenvalue weighted by Gasteiger charge is -2.57. The van der Waals surface area contributed by atoms with Gasteiger partial charge in [0.25, 0.3) is 0 Å². The lowest BCUT2D eigenvalue weighted by molar-refractivity contribution is -0.141. The first kappa shape index (κ1) is 19.6. The number of hydrogen-bond donors (Lipinski definition) is 2. The van der Waals surface area contributed by atoms with Gasteiger partial charge in [-0.1, -0.05) is 17.7 Å². The third-order valence-electron chi connectivity index (χ3n) is 7.48. The maximum atomic E-state index is 13.5. The summed E-state index contributed by atoms with van der Waals surface area (Å²) in [7, 11) is 0. The Kier molecular flexibility index (Phi) is 4.32. The highest BCUT2D eigenvalue weighted by atomic mass is 19.4. The molecule has 4 saturated carbocycles. The molecule has 3 N–H and O–H groups in total. The largest absolute Gasteiger partial charge is 0.507 e. The van der Waals surface area contributed by atoms with Crippen LogP contribution in [0, 0.1) is 24.7 Å². The van der Waals surface area contributed by atoms with Crippen molar-refractivity contribution in [3.05, 3.63) is 46.3 Å². The molecule has 2 aromatic rings. The molecule has 160 valence electrons. The van der Waals surface area contributed by atoms with Gasteiger partial charge in [0.2, 0.25) is 5.95 Å². The maximum absolute atomic E-state index is 13.5. The predicted octanol–water partition coefficient (Wildman–Crippen LogP) is 5.15. The SMILES string of the molecule is Cc1cc(Cc2cnc(N)nc2C(F)(F)F)c(O)c(C23CC4CC(CC(C4)C2)C3)c1. The number of rotatable bonds is 3. The van der Waals surface area contributed by atoms with Crippen LogP contribution in [0.4, 0.5) is 19.1 Å². The Morgan fingerprint density at radius 3 is 2.23 bits per heavy atom. The van der Waals surface area contributed by atoms with Gasteiger partial charge in [-0.2, -0.15) is 13.2 Å². The smallest absolute Gasteiger partial charge is 0.433 e. The Hall–Kier alpha value is -2.31. The normalized spacial score (nSPS) is 30.1. The van der Waals surface area contributed by atoms with Crippen molar-refractivity contribution in [2.45, 2.75) is 63.5 Å². The van der Waals surface area contributed by atoms with Crippen molar-refractivity contribution in [3.8, 4) is 5.75 Å². The number of phenols is 1. The molecule has 1 heterocycles. The number of nitrogen functional groups attached to an aromatic ring is 1. The molecule has 0 spiro atoms. The molecule has 0 saturated heterocycles. The predicted molar refractivity (Wildman–Crippen MR) is 107 cm³/mol. The van der Waals surface area contributed by atoms with Crippen LogP contribution in [0.15, 0.2) is 18.3 Å². The number of anilines is 1. The zero-order chi connectivity index (χ0) is 21.3. The third kappa shape index (κ3) is 3.22. The summed E-state index contributed by atoms with van der Waals surface area (Å²) in [5, 5.41) is 11.2. The highest BCUT2D eigenvalue weighted by Crippen LogP contribution is 2.62. The molecule has 4 aliphatic rings. The third-order valence-corrected chi connectivity index (χ3v) is 7.48. The van der Waals surface area contributed by atoms with E-state index in [1.54, 1.807) is 6.07 Å². The number of alkyl halides is 3. The molecule has 4 nitrogen and oxygen atoms in total. The van der Waals surface area contributed by atoms with Gasteiger partial charge in [-0.15, -0.1) is 0 Å². The van der Waals surface area contributed by atoms with Gasteiger partial charge in [-0.05, 0) is 74.2 Å². The van der Waals surface area contributed by atoms with Crippen molar-refractivity contribution in [2.75, 3.05) is 5.73 Å². The molecule has 4 aliphatic carbocycles. The Labute approximate surface area is 173 Å². The first-order valence-corrected chi connectivity index (χ1v) is 10.6. The van der Waals surface area contributed by atoms with Crippen LogP contribution < -0.4 is 5.73 Å². The first-order valence-electron chi connectivity index (χ1n) is 10.6. The van der Waals surface area contributed by atoms with Crippen LogP contribution in [-0.4, -0.2) is 15.1 Å². The highest BCUT2D eigenvalue weighted by molar-refractivity contribution is 5.50. The van der Waals surface area contributed by atoms with Gasteiger partial charge < -0.3 is 10.8 Å². The number of halogens is 3. The number of aryl methyl sites for hydroxylation is 1. The minimum Gasteiger partial charge on any atom is -0.507 e. The maximum Gasteiger partial charge on any atom is 0.433 e. The molecule has 4 fully saturated rings. The summed E-state index contributed by atoms with van der Waals surface area (Å²) >= 11 is 0. The van der Waals surface area contributed by atoms with E-state index in [1.807, 2.05) is 6.92 Å². The second kappa shape index (κ2) is 6.59. The van der Waals surface area contributed by atoms with Crippen molar-refractivity contribution >= 4 is 5.95 Å². The molecule has 0 amide bonds. The molecule has 4 bridgehead atoms. The summed E-state index contributed by atoms with van der Waals surface area (Å²) in [4.78, 5) is 7.19. The zero-order valence-corrected chi connectivity index (χ0v) is 17.0. The summed E-state index contributed by atoms with van der Waals surface area (Å²) in [6, 6.07) is 3.83. The molecule has 0 radical (unpaired) electrons. The average molecular weight is 417 g/mol. The Morgan fingerprint density at radius 1 is 1.07 bits per heavy atom. The number of phenolic OH excluding ortho intramolecular Hbond substituents is 1. The minimum absolute atomic E-state index is 0.0376. The van der Waals surface area contributed by atoms with Crippen LogP contribution in [0.5, 0.6) is 5.75 Å². The number of aromatic nitrogens is 2. The average Bonchev–Trinajstić information content (AvgIpc) is 2.63. The van der Waals surface area contributed by atoms with E-state index in [0.717, 1.165) is 36.6 Å². The van der Waals surface area contributed by atoms with Gasteiger partial charge in [0.1, 0.15) is 5.75 Å². The second-order valence-corrected chi connectivity index (χ2v) is 9.79. The van der Waals surface area contributed by atoms with E-state index in [2.05, 4.69) is 16.0 Å². The lowest BCUT2D eigenvalue weighted by Crippen LogP contribution is -2.48. The summed E-state index contributed by atoms with van der Waals surface area (Å²) in [5.74, 6) is 1.87. The number of benzene rings is 1. The van der Waals surface area contributed by atoms with E-state index in [0.29, 0.717) is 23.3 Å². The Bertz CT molecular complexity index is 967. The van der Waals surface area contributed by atoms with E-state index in [9.17, 15) is 18.3 Å². The second-order valence-electron chi connectivity index (χ2n) is 9.79. The molecule has 0 atom stereocenters. The Morgan fingerprint density at radius 2 is 1.67 bits per heavy atom. The fourth-order valence-corrected chi connectivity index (χ4v) is 6.83. The zero-order valence-electron chi connectivity index (χ0n) is 17.0. The molecule has 1 aromatic heterocycles. The van der Waals surface area contributed by atoms with Crippen LogP contribution in [0.3, 0.4) is 0 Å². The lowest BCUT2D eigenvalue weighted by atomic mass is 9.48. The van der Waals surface area contributed by atoms with E-state index in [1.165, 1.54) is 19.3 Å². The quantitative estimate of drug-likeness (QED) is 0.724. The minimum atomic E-state index is -4.63. The van der Waals surface area contributed by atoms with Gasteiger partial charge in [0.05, 0.1) is 0 Å². The van der Waals surface area contributed by atoms with E-state index in [4.69, 9.17) is 5.73 Å². The summed E-state index contributed by atoms with van der Waals surface area (Å²) < 4.78 is 40.5. The van der Waals surface area contributed by atoms with E-state index >= 15 is 0 Å². The van der Waals surface area contributed by atoms with Crippen molar-refractivity contribution < 1.29 is 18.3 Å². The summed E-state index contributed by atoms with van der Waals surface area (Å²) in [6.45, 7) is 1.94. The van der Waals surface area contributed by atoms with Crippen LogP contribution in [0.2, 0.25) is 0 Å². The summed E-state index contributed by atoms with van der Waals surface area (Å²) in [5.41, 5.74) is 6.63. The van der Waals surface area contributed by atoms with Gasteiger partial charge in [0, 0.05) is 23.7 Å².